The van der Waals surface area contributed by atoms with Gasteiger partial charge in [-0.15, -0.1) is 0 Å². The van der Waals surface area contributed by atoms with E-state index in [-0.39, 0.29) is 12.1 Å². The number of hydrogen-bond acceptors (Lipinski definition) is 5. The lowest BCUT2D eigenvalue weighted by Crippen LogP contribution is -2.51. The molecule has 2 saturated heterocycles. The van der Waals surface area contributed by atoms with E-state index in [1.54, 1.807) is 13.8 Å². The minimum Gasteiger partial charge on any atom is -0.438 e. The number of amides is 1. The van der Waals surface area contributed by atoms with Crippen LogP contribution in [0.3, 0.4) is 0 Å². The van der Waals surface area contributed by atoms with Crippen molar-refractivity contribution >= 4 is 18.7 Å². The molecule has 2 atom stereocenters. The van der Waals surface area contributed by atoms with Gasteiger partial charge in [0.2, 0.25) is 0 Å². The molecule has 1 N–H and O–H groups in total. The number of nitrogens with zero attached hydrogens (tertiary/aromatic N) is 1. The van der Waals surface area contributed by atoms with Crippen molar-refractivity contribution in [2.45, 2.75) is 95.7 Å². The van der Waals surface area contributed by atoms with Crippen molar-refractivity contribution in [2.24, 2.45) is 5.92 Å². The van der Waals surface area contributed by atoms with Crippen molar-refractivity contribution < 1.29 is 23.9 Å². The summed E-state index contributed by atoms with van der Waals surface area (Å²) >= 11 is 0. The minimum atomic E-state index is -0.975. The molecule has 1 aliphatic carbocycles. The maximum Gasteiger partial charge on any atom is 0.494 e. The molecule has 3 aliphatic rings. The SMILES string of the molecule is CC(C)(O)C[C@@]1(c2ccccc2)CCN([C@H](c2ccc(B3OC(C)(C)C(C)(C)O3)cc2)C2CC2)C(=O)O1. The lowest BCUT2D eigenvalue weighted by atomic mass is 9.78. The fourth-order valence-corrected chi connectivity index (χ4v) is 5.74. The summed E-state index contributed by atoms with van der Waals surface area (Å²) in [5.41, 5.74) is 0.414. The standard InChI is InChI=1S/C30H40BNO5/c1-27(2,34)20-30(23-10-8-7-9-11-23)18-19-32(26(33)35-30)25(21-12-13-21)22-14-16-24(17-15-22)31-36-28(3,4)29(5,6)37-31/h7-11,14-17,21,25,34H,12-13,18-20H2,1-6H3/t25-,30+/m0/s1. The predicted octanol–water partition coefficient (Wildman–Crippen LogP) is 5.34. The van der Waals surface area contributed by atoms with Crippen LogP contribution in [0.4, 0.5) is 4.79 Å². The van der Waals surface area contributed by atoms with E-state index < -0.39 is 29.5 Å². The van der Waals surface area contributed by atoms with E-state index in [1.807, 2.05) is 35.2 Å². The third kappa shape index (κ3) is 5.18. The van der Waals surface area contributed by atoms with E-state index in [4.69, 9.17) is 14.0 Å². The van der Waals surface area contributed by atoms with Gasteiger partial charge in [-0.1, -0.05) is 54.6 Å². The number of cyclic esters (lactones) is 1. The first-order valence-electron chi connectivity index (χ1n) is 13.5. The van der Waals surface area contributed by atoms with Crippen LogP contribution < -0.4 is 5.46 Å². The van der Waals surface area contributed by atoms with Crippen LogP contribution in [-0.2, 0) is 19.6 Å². The maximum atomic E-state index is 13.6. The summed E-state index contributed by atoms with van der Waals surface area (Å²) in [5.74, 6) is 0.425. The minimum absolute atomic E-state index is 0.0317. The number of aliphatic hydroxyl groups is 1. The van der Waals surface area contributed by atoms with Gasteiger partial charge in [0.15, 0.2) is 0 Å². The molecule has 0 bridgehead atoms. The van der Waals surface area contributed by atoms with Gasteiger partial charge >= 0.3 is 13.2 Å². The molecule has 2 aromatic rings. The number of carbonyl (C=O) groups is 1. The summed E-state index contributed by atoms with van der Waals surface area (Å²) in [6.45, 7) is 12.3. The molecule has 1 amide bonds. The predicted molar refractivity (Wildman–Crippen MR) is 144 cm³/mol. The Morgan fingerprint density at radius 1 is 1.00 bits per heavy atom. The van der Waals surface area contributed by atoms with Crippen LogP contribution in [0.5, 0.6) is 0 Å². The highest BCUT2D eigenvalue weighted by Gasteiger charge is 2.52. The van der Waals surface area contributed by atoms with E-state index in [0.29, 0.717) is 25.3 Å². The van der Waals surface area contributed by atoms with Gasteiger partial charge in [-0.3, -0.25) is 0 Å². The number of rotatable bonds is 7. The highest BCUT2D eigenvalue weighted by Crippen LogP contribution is 2.48. The highest BCUT2D eigenvalue weighted by molar-refractivity contribution is 6.62. The molecule has 7 heteroatoms. The smallest absolute Gasteiger partial charge is 0.438 e. The van der Waals surface area contributed by atoms with Crippen LogP contribution in [0, 0.1) is 5.92 Å². The summed E-state index contributed by atoms with van der Waals surface area (Å²) in [6, 6.07) is 18.1. The van der Waals surface area contributed by atoms with E-state index in [0.717, 1.165) is 29.4 Å². The van der Waals surface area contributed by atoms with E-state index in [2.05, 4.69) is 52.0 Å². The van der Waals surface area contributed by atoms with Crippen molar-refractivity contribution in [3.63, 3.8) is 0 Å². The van der Waals surface area contributed by atoms with Gasteiger partial charge in [0.25, 0.3) is 0 Å². The second kappa shape index (κ2) is 9.14. The lowest BCUT2D eigenvalue weighted by Gasteiger charge is -2.46. The number of hydrogen-bond donors (Lipinski definition) is 1. The number of benzene rings is 2. The second-order valence-electron chi connectivity index (χ2n) is 12.7. The first-order chi connectivity index (χ1) is 17.3. The zero-order valence-electron chi connectivity index (χ0n) is 23.0. The number of ether oxygens (including phenoxy) is 1. The average molecular weight is 505 g/mol. The molecule has 2 heterocycles. The maximum absolute atomic E-state index is 13.6. The molecule has 0 spiro atoms. The van der Waals surface area contributed by atoms with Gasteiger partial charge in [-0.25, -0.2) is 4.79 Å². The fraction of sp³-hybridized carbons (Fsp3) is 0.567. The summed E-state index contributed by atoms with van der Waals surface area (Å²) in [4.78, 5) is 15.5. The zero-order valence-corrected chi connectivity index (χ0v) is 23.0. The molecule has 1 saturated carbocycles. The molecule has 5 rings (SSSR count). The van der Waals surface area contributed by atoms with Gasteiger partial charge in [0.05, 0.1) is 22.8 Å². The van der Waals surface area contributed by atoms with Crippen molar-refractivity contribution in [1.82, 2.24) is 4.90 Å². The molecule has 3 fully saturated rings. The second-order valence-corrected chi connectivity index (χ2v) is 12.7. The Morgan fingerprint density at radius 2 is 1.59 bits per heavy atom. The normalized spacial score (nSPS) is 26.2. The molecule has 37 heavy (non-hydrogen) atoms. The first kappa shape index (κ1) is 26.3. The highest BCUT2D eigenvalue weighted by atomic mass is 16.7. The quantitative estimate of drug-likeness (QED) is 0.515. The lowest BCUT2D eigenvalue weighted by molar-refractivity contribution is -0.103. The molecule has 0 aromatic heterocycles. The molecule has 0 unspecified atom stereocenters. The monoisotopic (exact) mass is 505 g/mol. The van der Waals surface area contributed by atoms with Gasteiger partial charge in [0, 0.05) is 19.4 Å². The van der Waals surface area contributed by atoms with Crippen LogP contribution >= 0.6 is 0 Å². The zero-order chi connectivity index (χ0) is 26.6. The Hall–Kier alpha value is -2.35. The Labute approximate surface area is 221 Å². The Kier molecular flexibility index (Phi) is 6.49. The van der Waals surface area contributed by atoms with Crippen molar-refractivity contribution in [3.05, 3.63) is 65.7 Å². The van der Waals surface area contributed by atoms with Crippen LogP contribution in [0.15, 0.2) is 54.6 Å². The van der Waals surface area contributed by atoms with Gasteiger partial charge in [-0.05, 0) is 76.9 Å². The number of carbonyl (C=O) groups excluding carboxylic acids is 1. The molecular formula is C30H40BNO5. The Balaban J connectivity index is 1.37. The summed E-state index contributed by atoms with van der Waals surface area (Å²) in [5, 5.41) is 10.7. The van der Waals surface area contributed by atoms with Crippen LogP contribution in [-0.4, -0.2) is 46.6 Å². The Morgan fingerprint density at radius 3 is 2.11 bits per heavy atom. The molecule has 0 radical (unpaired) electrons. The third-order valence-corrected chi connectivity index (χ3v) is 8.50. The molecule has 198 valence electrons. The Bertz CT molecular complexity index is 1110. The summed E-state index contributed by atoms with van der Waals surface area (Å²) < 4.78 is 18.7. The first-order valence-corrected chi connectivity index (χ1v) is 13.5. The third-order valence-electron chi connectivity index (χ3n) is 8.50. The van der Waals surface area contributed by atoms with Crippen LogP contribution in [0.2, 0.25) is 0 Å². The van der Waals surface area contributed by atoms with Crippen molar-refractivity contribution in [1.29, 1.82) is 0 Å². The van der Waals surface area contributed by atoms with Gasteiger partial charge < -0.3 is 24.1 Å². The van der Waals surface area contributed by atoms with Crippen molar-refractivity contribution in [2.75, 3.05) is 6.54 Å². The summed E-state index contributed by atoms with van der Waals surface area (Å²) in [7, 11) is -0.410. The van der Waals surface area contributed by atoms with E-state index >= 15 is 0 Å². The van der Waals surface area contributed by atoms with E-state index in [9.17, 15) is 9.90 Å². The van der Waals surface area contributed by atoms with Crippen LogP contribution in [0.1, 0.15) is 84.4 Å². The summed E-state index contributed by atoms with van der Waals surface area (Å²) in [6.07, 6.45) is 2.86. The van der Waals surface area contributed by atoms with Gasteiger partial charge in [-0.2, -0.15) is 0 Å². The molecule has 2 aromatic carbocycles. The molecule has 2 aliphatic heterocycles. The van der Waals surface area contributed by atoms with Crippen LogP contribution in [0.25, 0.3) is 0 Å². The topological polar surface area (TPSA) is 68.2 Å². The molecule has 6 nitrogen and oxygen atoms in total. The van der Waals surface area contributed by atoms with Crippen molar-refractivity contribution in [3.8, 4) is 0 Å². The average Bonchev–Trinajstić information content (AvgIpc) is 3.62. The van der Waals surface area contributed by atoms with E-state index in [1.165, 1.54) is 0 Å². The molecular weight excluding hydrogens is 465 g/mol. The largest absolute Gasteiger partial charge is 0.494 e. The van der Waals surface area contributed by atoms with Gasteiger partial charge in [0.1, 0.15) is 5.60 Å². The fourth-order valence-electron chi connectivity index (χ4n) is 5.74.